The Morgan fingerprint density at radius 1 is 1.38 bits per heavy atom. The van der Waals surface area contributed by atoms with Gasteiger partial charge in [-0.1, -0.05) is 17.9 Å². The normalized spacial score (nSPS) is 10.8. The summed E-state index contributed by atoms with van der Waals surface area (Å²) in [5.74, 6) is 5.64. The predicted molar refractivity (Wildman–Crippen MR) is 79.2 cm³/mol. The van der Waals surface area contributed by atoms with Gasteiger partial charge in [0.2, 0.25) is 0 Å². The Morgan fingerprint density at radius 2 is 2.19 bits per heavy atom. The number of hydrogen-bond donors (Lipinski definition) is 3. The minimum absolute atomic E-state index is 0.0163. The third kappa shape index (κ3) is 3.84. The Labute approximate surface area is 123 Å². The van der Waals surface area contributed by atoms with Gasteiger partial charge in [0, 0.05) is 12.0 Å². The molecule has 110 valence electrons. The number of sulfonamides is 1. The average Bonchev–Trinajstić information content (AvgIpc) is 2.97. The van der Waals surface area contributed by atoms with Crippen LogP contribution in [0.25, 0.3) is 0 Å². The fraction of sp³-hybridized carbons (Fsp3) is 0.214. The molecule has 7 heteroatoms. The van der Waals surface area contributed by atoms with E-state index in [1.54, 1.807) is 18.2 Å². The fourth-order valence-electron chi connectivity index (χ4n) is 1.66. The van der Waals surface area contributed by atoms with Crippen molar-refractivity contribution >= 4 is 15.7 Å². The highest BCUT2D eigenvalue weighted by atomic mass is 32.2. The smallest absolute Gasteiger partial charge is 0.278 e. The Kier molecular flexibility index (Phi) is 4.62. The molecule has 0 aliphatic carbocycles. The molecule has 6 nitrogen and oxygen atoms in total. The molecule has 1 aromatic heterocycles. The Bertz CT molecular complexity index is 772. The molecule has 1 heterocycles. The van der Waals surface area contributed by atoms with Gasteiger partial charge in [0.25, 0.3) is 10.0 Å². The summed E-state index contributed by atoms with van der Waals surface area (Å²) in [6.45, 7) is 1.86. The lowest BCUT2D eigenvalue weighted by molar-refractivity contribution is 0.305. The van der Waals surface area contributed by atoms with Gasteiger partial charge in [-0.3, -0.25) is 9.82 Å². The third-order valence-electron chi connectivity index (χ3n) is 2.64. The van der Waals surface area contributed by atoms with Crippen molar-refractivity contribution in [3.8, 4) is 11.8 Å². The number of aliphatic hydroxyl groups excluding tert-OH is 1. The molecule has 0 saturated carbocycles. The van der Waals surface area contributed by atoms with Gasteiger partial charge in [-0.25, -0.2) is 0 Å². The summed E-state index contributed by atoms with van der Waals surface area (Å²) in [6, 6.07) is 6.61. The molecule has 0 radical (unpaired) electrons. The maximum Gasteiger partial charge on any atom is 0.278 e. The van der Waals surface area contributed by atoms with Crippen molar-refractivity contribution in [2.45, 2.75) is 18.4 Å². The van der Waals surface area contributed by atoms with Crippen LogP contribution in [0, 0.1) is 18.8 Å². The van der Waals surface area contributed by atoms with Crippen LogP contribution in [-0.4, -0.2) is 30.3 Å². The van der Waals surface area contributed by atoms with E-state index in [1.165, 1.54) is 12.3 Å². The number of H-pyrrole nitrogens is 1. The van der Waals surface area contributed by atoms with Crippen molar-refractivity contribution in [3.63, 3.8) is 0 Å². The number of nitrogens with one attached hydrogen (secondary N) is 2. The lowest BCUT2D eigenvalue weighted by Crippen LogP contribution is -2.14. The summed E-state index contributed by atoms with van der Waals surface area (Å²) in [7, 11) is -3.72. The summed E-state index contributed by atoms with van der Waals surface area (Å²) in [4.78, 5) is 0. The first-order valence-corrected chi connectivity index (χ1v) is 7.74. The maximum absolute atomic E-state index is 12.2. The van der Waals surface area contributed by atoms with Gasteiger partial charge < -0.3 is 5.11 Å². The topological polar surface area (TPSA) is 95.1 Å². The van der Waals surface area contributed by atoms with Crippen LogP contribution >= 0.6 is 0 Å². The number of hydrogen-bond acceptors (Lipinski definition) is 4. The van der Waals surface area contributed by atoms with Gasteiger partial charge in [-0.15, -0.1) is 0 Å². The maximum atomic E-state index is 12.2. The second kappa shape index (κ2) is 6.43. The molecule has 2 rings (SSSR count). The minimum Gasteiger partial charge on any atom is -0.395 e. The van der Waals surface area contributed by atoms with E-state index < -0.39 is 10.0 Å². The molecule has 0 aliphatic heterocycles. The monoisotopic (exact) mass is 305 g/mol. The van der Waals surface area contributed by atoms with Gasteiger partial charge in [0.1, 0.15) is 0 Å². The minimum atomic E-state index is -3.72. The molecule has 0 unspecified atom stereocenters. The first-order chi connectivity index (χ1) is 10.0. The van der Waals surface area contributed by atoms with Gasteiger partial charge >= 0.3 is 0 Å². The number of aliphatic hydroxyl groups is 1. The van der Waals surface area contributed by atoms with Crippen LogP contribution in [-0.2, 0) is 10.0 Å². The molecular weight excluding hydrogens is 290 g/mol. The molecule has 21 heavy (non-hydrogen) atoms. The van der Waals surface area contributed by atoms with E-state index in [9.17, 15) is 8.42 Å². The van der Waals surface area contributed by atoms with Crippen molar-refractivity contribution < 1.29 is 13.5 Å². The molecule has 0 spiro atoms. The summed E-state index contributed by atoms with van der Waals surface area (Å²) in [5.41, 5.74) is 1.92. The number of benzene rings is 1. The van der Waals surface area contributed by atoms with E-state index in [0.717, 1.165) is 5.56 Å². The Morgan fingerprint density at radius 3 is 2.86 bits per heavy atom. The molecule has 0 aliphatic rings. The molecule has 0 bridgehead atoms. The molecule has 0 amide bonds. The molecule has 0 atom stereocenters. The SMILES string of the molecule is Cc1ccc(NS(=O)(=O)c2ccn[nH]2)c(C#CCCO)c1. The molecule has 2 aromatic rings. The zero-order chi connectivity index (χ0) is 15.3. The fourth-order valence-corrected chi connectivity index (χ4v) is 2.65. The van der Waals surface area contributed by atoms with E-state index in [2.05, 4.69) is 26.8 Å². The van der Waals surface area contributed by atoms with Crippen LogP contribution < -0.4 is 4.72 Å². The molecule has 0 fully saturated rings. The van der Waals surface area contributed by atoms with Gasteiger partial charge in [-0.05, 0) is 30.7 Å². The standard InChI is InChI=1S/C14H15N3O3S/c1-11-5-6-13(12(10-11)4-2-3-9-18)17-21(19,20)14-7-8-15-16-14/h5-8,10,17-18H,3,9H2,1H3,(H,15,16). The number of rotatable bonds is 4. The Hall–Kier alpha value is -2.30. The molecule has 3 N–H and O–H groups in total. The van der Waals surface area contributed by atoms with E-state index in [-0.39, 0.29) is 11.6 Å². The average molecular weight is 305 g/mol. The predicted octanol–water partition coefficient (Wildman–Crippen LogP) is 1.25. The summed E-state index contributed by atoms with van der Waals surface area (Å²) in [6.07, 6.45) is 1.70. The highest BCUT2D eigenvalue weighted by molar-refractivity contribution is 7.92. The van der Waals surface area contributed by atoms with Crippen molar-refractivity contribution in [2.75, 3.05) is 11.3 Å². The number of aromatic amines is 1. The Balaban J connectivity index is 2.34. The van der Waals surface area contributed by atoms with Crippen LogP contribution in [0.5, 0.6) is 0 Å². The van der Waals surface area contributed by atoms with Crippen molar-refractivity contribution in [2.24, 2.45) is 0 Å². The lowest BCUT2D eigenvalue weighted by atomic mass is 10.1. The summed E-state index contributed by atoms with van der Waals surface area (Å²) in [5, 5.41) is 14.8. The van der Waals surface area contributed by atoms with Crippen LogP contribution in [0.1, 0.15) is 17.5 Å². The third-order valence-corrected chi connectivity index (χ3v) is 3.94. The highest BCUT2D eigenvalue weighted by Crippen LogP contribution is 2.20. The molecule has 0 saturated heterocycles. The van der Waals surface area contributed by atoms with Crippen LogP contribution in [0.15, 0.2) is 35.5 Å². The van der Waals surface area contributed by atoms with Gasteiger partial charge in [0.15, 0.2) is 5.03 Å². The first-order valence-electron chi connectivity index (χ1n) is 6.25. The zero-order valence-corrected chi connectivity index (χ0v) is 12.2. The van der Waals surface area contributed by atoms with Crippen LogP contribution in [0.3, 0.4) is 0 Å². The van der Waals surface area contributed by atoms with Gasteiger partial charge in [0.05, 0.1) is 18.5 Å². The molecular formula is C14H15N3O3S. The number of nitrogens with zero attached hydrogens (tertiary/aromatic N) is 1. The second-order valence-corrected chi connectivity index (χ2v) is 6.00. The van der Waals surface area contributed by atoms with Crippen molar-refractivity contribution in [1.82, 2.24) is 10.2 Å². The van der Waals surface area contributed by atoms with Crippen molar-refractivity contribution in [3.05, 3.63) is 41.6 Å². The molecule has 1 aromatic carbocycles. The number of anilines is 1. The highest BCUT2D eigenvalue weighted by Gasteiger charge is 2.16. The lowest BCUT2D eigenvalue weighted by Gasteiger charge is -2.09. The summed E-state index contributed by atoms with van der Waals surface area (Å²) < 4.78 is 26.8. The first kappa shape index (κ1) is 15.1. The quantitative estimate of drug-likeness (QED) is 0.741. The summed E-state index contributed by atoms with van der Waals surface area (Å²) >= 11 is 0. The van der Waals surface area contributed by atoms with Crippen LogP contribution in [0.4, 0.5) is 5.69 Å². The van der Waals surface area contributed by atoms with E-state index in [0.29, 0.717) is 17.7 Å². The van der Waals surface area contributed by atoms with E-state index in [4.69, 9.17) is 5.11 Å². The largest absolute Gasteiger partial charge is 0.395 e. The second-order valence-electron chi connectivity index (χ2n) is 4.35. The van der Waals surface area contributed by atoms with Gasteiger partial charge in [-0.2, -0.15) is 13.5 Å². The van der Waals surface area contributed by atoms with E-state index in [1.807, 2.05) is 6.92 Å². The van der Waals surface area contributed by atoms with E-state index >= 15 is 0 Å². The number of aryl methyl sites for hydroxylation is 1. The van der Waals surface area contributed by atoms with Crippen LogP contribution in [0.2, 0.25) is 0 Å². The number of aromatic nitrogens is 2. The van der Waals surface area contributed by atoms with Crippen molar-refractivity contribution in [1.29, 1.82) is 0 Å². The zero-order valence-electron chi connectivity index (χ0n) is 11.4.